The molecule has 0 spiro atoms. The Morgan fingerprint density at radius 2 is 1.65 bits per heavy atom. The molecule has 0 aromatic heterocycles. The zero-order valence-corrected chi connectivity index (χ0v) is 20.2. The summed E-state index contributed by atoms with van der Waals surface area (Å²) in [5.74, 6) is -0.706. The number of Topliss-reactive ketones (excluding diaryl/α,β-unsaturated/α-hetero) is 1. The summed E-state index contributed by atoms with van der Waals surface area (Å²) >= 11 is 0. The van der Waals surface area contributed by atoms with Crippen LogP contribution in [0.5, 0.6) is 5.75 Å². The lowest BCUT2D eigenvalue weighted by Crippen LogP contribution is -2.41. The minimum absolute atomic E-state index is 0.0729. The Kier molecular flexibility index (Phi) is 8.11. The van der Waals surface area contributed by atoms with E-state index in [0.717, 1.165) is 39.2 Å². The van der Waals surface area contributed by atoms with Crippen LogP contribution in [0.15, 0.2) is 65.7 Å². The lowest BCUT2D eigenvalue weighted by molar-refractivity contribution is -0.137. The highest BCUT2D eigenvalue weighted by atomic mass is 32.2. The number of nitrogens with two attached hydrogens (primary N) is 1. The molecule has 0 bridgehead atoms. The molecule has 1 atom stereocenters. The lowest BCUT2D eigenvalue weighted by Gasteiger charge is -2.32. The molecule has 1 unspecified atom stereocenters. The number of rotatable bonds is 9. The predicted octanol–water partition coefficient (Wildman–Crippen LogP) is 3.79. The third kappa shape index (κ3) is 5.15. The first-order chi connectivity index (χ1) is 16.2. The SMILES string of the molecule is C=C(C(=O)OC)N(C(N)c1ccccc1C(=O)C1CCCCC1)S(=O)(=O)c1ccc(OC)cc1. The largest absolute Gasteiger partial charge is 0.497 e. The number of benzene rings is 2. The van der Waals surface area contributed by atoms with E-state index in [2.05, 4.69) is 6.58 Å². The molecule has 0 heterocycles. The predicted molar refractivity (Wildman–Crippen MR) is 127 cm³/mol. The molecule has 0 saturated heterocycles. The summed E-state index contributed by atoms with van der Waals surface area (Å²) in [5, 5.41) is 0. The van der Waals surface area contributed by atoms with E-state index < -0.39 is 27.9 Å². The van der Waals surface area contributed by atoms with Crippen molar-refractivity contribution >= 4 is 21.8 Å². The summed E-state index contributed by atoms with van der Waals surface area (Å²) < 4.78 is 37.8. The van der Waals surface area contributed by atoms with Crippen LogP contribution in [0.25, 0.3) is 0 Å². The third-order valence-electron chi connectivity index (χ3n) is 6.08. The van der Waals surface area contributed by atoms with E-state index in [1.54, 1.807) is 24.3 Å². The third-order valence-corrected chi connectivity index (χ3v) is 7.91. The van der Waals surface area contributed by atoms with Crippen LogP contribution in [-0.4, -0.2) is 38.7 Å². The van der Waals surface area contributed by atoms with Gasteiger partial charge in [-0.15, -0.1) is 0 Å². The highest BCUT2D eigenvalue weighted by molar-refractivity contribution is 7.89. The van der Waals surface area contributed by atoms with Crippen molar-refractivity contribution < 1.29 is 27.5 Å². The fourth-order valence-electron chi connectivity index (χ4n) is 4.22. The monoisotopic (exact) mass is 486 g/mol. The van der Waals surface area contributed by atoms with E-state index in [9.17, 15) is 18.0 Å². The minimum atomic E-state index is -4.35. The van der Waals surface area contributed by atoms with Gasteiger partial charge in [0.05, 0.1) is 19.1 Å². The van der Waals surface area contributed by atoms with E-state index in [4.69, 9.17) is 15.2 Å². The van der Waals surface area contributed by atoms with Crippen LogP contribution in [0.1, 0.15) is 54.2 Å². The van der Waals surface area contributed by atoms with Gasteiger partial charge in [-0.3, -0.25) is 4.79 Å². The van der Waals surface area contributed by atoms with Gasteiger partial charge in [0.25, 0.3) is 10.0 Å². The number of methoxy groups -OCH3 is 2. The van der Waals surface area contributed by atoms with Gasteiger partial charge in [0.15, 0.2) is 5.78 Å². The van der Waals surface area contributed by atoms with Crippen LogP contribution in [0.3, 0.4) is 0 Å². The highest BCUT2D eigenvalue weighted by Crippen LogP contribution is 2.33. The van der Waals surface area contributed by atoms with E-state index in [1.807, 2.05) is 0 Å². The van der Waals surface area contributed by atoms with Gasteiger partial charge in [-0.2, -0.15) is 0 Å². The average molecular weight is 487 g/mol. The van der Waals surface area contributed by atoms with Crippen LogP contribution in [0, 0.1) is 5.92 Å². The molecule has 34 heavy (non-hydrogen) atoms. The molecule has 2 aromatic carbocycles. The molecule has 3 rings (SSSR count). The number of nitrogens with zero attached hydrogens (tertiary/aromatic N) is 1. The second kappa shape index (κ2) is 10.8. The minimum Gasteiger partial charge on any atom is -0.497 e. The summed E-state index contributed by atoms with van der Waals surface area (Å²) in [7, 11) is -1.77. The van der Waals surface area contributed by atoms with Gasteiger partial charge in [0, 0.05) is 17.0 Å². The Morgan fingerprint density at radius 3 is 2.24 bits per heavy atom. The van der Waals surface area contributed by atoms with Gasteiger partial charge in [-0.25, -0.2) is 17.5 Å². The Morgan fingerprint density at radius 1 is 1.03 bits per heavy atom. The molecule has 1 fully saturated rings. The van der Waals surface area contributed by atoms with Gasteiger partial charge < -0.3 is 15.2 Å². The van der Waals surface area contributed by atoms with E-state index in [1.165, 1.54) is 31.4 Å². The number of hydrogen-bond acceptors (Lipinski definition) is 7. The second-order valence-corrected chi connectivity index (χ2v) is 9.96. The van der Waals surface area contributed by atoms with Crippen LogP contribution >= 0.6 is 0 Å². The molecule has 0 aliphatic heterocycles. The molecule has 8 nitrogen and oxygen atoms in total. The molecular formula is C25H30N2O6S. The maximum absolute atomic E-state index is 13.6. The van der Waals surface area contributed by atoms with Gasteiger partial charge in [-0.05, 0) is 37.1 Å². The lowest BCUT2D eigenvalue weighted by atomic mass is 9.82. The average Bonchev–Trinajstić information content (AvgIpc) is 2.88. The summed E-state index contributed by atoms with van der Waals surface area (Å²) in [6.45, 7) is 3.64. The number of carbonyl (C=O) groups excluding carboxylic acids is 2. The van der Waals surface area contributed by atoms with Crippen molar-refractivity contribution in [2.75, 3.05) is 14.2 Å². The number of ether oxygens (including phenoxy) is 2. The highest BCUT2D eigenvalue weighted by Gasteiger charge is 2.37. The Bertz CT molecular complexity index is 1150. The number of hydrogen-bond donors (Lipinski definition) is 1. The van der Waals surface area contributed by atoms with Crippen LogP contribution < -0.4 is 10.5 Å². The van der Waals surface area contributed by atoms with Crippen molar-refractivity contribution in [3.05, 3.63) is 71.9 Å². The Labute approximate surface area is 200 Å². The first kappa shape index (κ1) is 25.5. The molecule has 1 aliphatic carbocycles. The maximum Gasteiger partial charge on any atom is 0.354 e. The molecule has 2 aromatic rings. The summed E-state index contributed by atoms with van der Waals surface area (Å²) in [6, 6.07) is 12.3. The zero-order valence-electron chi connectivity index (χ0n) is 19.4. The van der Waals surface area contributed by atoms with Crippen LogP contribution in [-0.2, 0) is 19.6 Å². The molecule has 9 heteroatoms. The van der Waals surface area contributed by atoms with Crippen molar-refractivity contribution in [1.29, 1.82) is 0 Å². The van der Waals surface area contributed by atoms with E-state index in [-0.39, 0.29) is 16.6 Å². The first-order valence-electron chi connectivity index (χ1n) is 11.1. The summed E-state index contributed by atoms with van der Waals surface area (Å²) in [5.41, 5.74) is 6.65. The zero-order chi connectivity index (χ0) is 24.9. The molecule has 0 amide bonds. The van der Waals surface area contributed by atoms with Gasteiger partial charge in [0.2, 0.25) is 0 Å². The van der Waals surface area contributed by atoms with Gasteiger partial charge >= 0.3 is 5.97 Å². The molecule has 0 radical (unpaired) electrons. The maximum atomic E-state index is 13.6. The normalized spacial score (nSPS) is 15.3. The summed E-state index contributed by atoms with van der Waals surface area (Å²) in [6.07, 6.45) is 3.22. The van der Waals surface area contributed by atoms with E-state index in [0.29, 0.717) is 21.2 Å². The molecule has 1 aliphatic rings. The van der Waals surface area contributed by atoms with Crippen molar-refractivity contribution in [3.8, 4) is 5.75 Å². The standard InChI is InChI=1S/C25H30N2O6S/c1-17(25(29)33-3)27(34(30,31)20-15-13-19(32-2)14-16-20)24(26)22-12-8-7-11-21(22)23(28)18-9-5-4-6-10-18/h7-8,11-16,18,24H,1,4-6,9-10,26H2,2-3H3. The molecule has 2 N–H and O–H groups in total. The fraction of sp³-hybridized carbons (Fsp3) is 0.360. The second-order valence-electron chi connectivity index (χ2n) is 8.15. The van der Waals surface area contributed by atoms with Gasteiger partial charge in [-0.1, -0.05) is 50.1 Å². The van der Waals surface area contributed by atoms with Crippen LogP contribution in [0.2, 0.25) is 0 Å². The van der Waals surface area contributed by atoms with Crippen molar-refractivity contribution in [3.63, 3.8) is 0 Å². The summed E-state index contributed by atoms with van der Waals surface area (Å²) in [4.78, 5) is 25.6. The van der Waals surface area contributed by atoms with Crippen molar-refractivity contribution in [2.45, 2.75) is 43.2 Å². The molecule has 182 valence electrons. The number of esters is 1. The van der Waals surface area contributed by atoms with Gasteiger partial charge in [0.1, 0.15) is 17.6 Å². The number of carbonyl (C=O) groups is 2. The fourth-order valence-corrected chi connectivity index (χ4v) is 5.71. The first-order valence-corrected chi connectivity index (χ1v) is 12.5. The molecular weight excluding hydrogens is 456 g/mol. The number of sulfonamides is 1. The molecule has 1 saturated carbocycles. The Hall–Kier alpha value is -3.17. The Balaban J connectivity index is 2.08. The van der Waals surface area contributed by atoms with Crippen molar-refractivity contribution in [1.82, 2.24) is 4.31 Å². The number of ketones is 1. The quantitative estimate of drug-likeness (QED) is 0.248. The van der Waals surface area contributed by atoms with E-state index >= 15 is 0 Å². The topological polar surface area (TPSA) is 116 Å². The van der Waals surface area contributed by atoms with Crippen molar-refractivity contribution in [2.24, 2.45) is 11.7 Å². The smallest absolute Gasteiger partial charge is 0.354 e. The van der Waals surface area contributed by atoms with Crippen LogP contribution in [0.4, 0.5) is 0 Å².